The first-order chi connectivity index (χ1) is 14.4. The minimum absolute atomic E-state index is 0.141. The van der Waals surface area contributed by atoms with Crippen LogP contribution in [0.15, 0.2) is 52.8 Å². The summed E-state index contributed by atoms with van der Waals surface area (Å²) in [5.74, 6) is -2.25. The van der Waals surface area contributed by atoms with E-state index >= 15 is 0 Å². The van der Waals surface area contributed by atoms with E-state index in [1.807, 2.05) is 25.1 Å². The minimum Gasteiger partial charge on any atom is -0.324 e. The van der Waals surface area contributed by atoms with Crippen molar-refractivity contribution in [2.24, 2.45) is 10.3 Å². The van der Waals surface area contributed by atoms with Crippen LogP contribution in [0.1, 0.15) is 12.5 Å². The van der Waals surface area contributed by atoms with E-state index in [-0.39, 0.29) is 23.2 Å². The Morgan fingerprint density at radius 2 is 1.97 bits per heavy atom. The van der Waals surface area contributed by atoms with Crippen molar-refractivity contribution in [1.82, 2.24) is 5.01 Å². The molecule has 2 heterocycles. The molecule has 2 aliphatic heterocycles. The van der Waals surface area contributed by atoms with Crippen molar-refractivity contribution in [3.05, 3.63) is 58.9 Å². The molecule has 30 heavy (non-hydrogen) atoms. The second kappa shape index (κ2) is 7.83. The quantitative estimate of drug-likeness (QED) is 0.739. The van der Waals surface area contributed by atoms with Gasteiger partial charge in [0.2, 0.25) is 5.91 Å². The zero-order valence-corrected chi connectivity index (χ0v) is 16.6. The van der Waals surface area contributed by atoms with Gasteiger partial charge in [0.05, 0.1) is 10.7 Å². The number of amides is 3. The van der Waals surface area contributed by atoms with Crippen LogP contribution in [0.4, 0.5) is 15.8 Å². The highest BCUT2D eigenvalue weighted by atomic mass is 35.5. The van der Waals surface area contributed by atoms with Gasteiger partial charge < -0.3 is 5.32 Å². The van der Waals surface area contributed by atoms with Crippen LogP contribution in [0, 0.1) is 5.82 Å². The summed E-state index contributed by atoms with van der Waals surface area (Å²) in [6, 6.07) is 8.85. The monoisotopic (exact) mass is 429 g/mol. The van der Waals surface area contributed by atoms with E-state index in [9.17, 15) is 18.8 Å². The number of anilines is 2. The summed E-state index contributed by atoms with van der Waals surface area (Å²) < 4.78 is 13.4. The Morgan fingerprint density at radius 3 is 2.70 bits per heavy atom. The van der Waals surface area contributed by atoms with E-state index in [0.29, 0.717) is 5.69 Å². The van der Waals surface area contributed by atoms with Crippen molar-refractivity contribution in [3.8, 4) is 0 Å². The Bertz CT molecular complexity index is 1080. The number of hydrogen-bond acceptors (Lipinski definition) is 6. The molecule has 10 heteroatoms. The van der Waals surface area contributed by atoms with Crippen LogP contribution in [0.2, 0.25) is 5.02 Å². The van der Waals surface area contributed by atoms with Gasteiger partial charge in [-0.25, -0.2) is 9.29 Å². The molecule has 2 atom stereocenters. The summed E-state index contributed by atoms with van der Waals surface area (Å²) in [6.45, 7) is 1.73. The van der Waals surface area contributed by atoms with Crippen LogP contribution in [0.25, 0.3) is 0 Å². The standard InChI is InChI=1S/C20H17ClFN5O3/c1-2-11-5-3-4-6-15(11)23-16(28)10-26-18-17(24-25-26)19(29)27(20(18)30)12-7-8-14(22)13(21)9-12/h3-9,17-18H,2,10H2,1H3,(H,23,28). The average molecular weight is 430 g/mol. The van der Waals surface area contributed by atoms with Gasteiger partial charge in [-0.1, -0.05) is 41.9 Å². The topological polar surface area (TPSA) is 94.4 Å². The molecular weight excluding hydrogens is 413 g/mol. The van der Waals surface area contributed by atoms with Gasteiger partial charge in [0.25, 0.3) is 11.8 Å². The van der Waals surface area contributed by atoms with Gasteiger partial charge in [-0.15, -0.1) is 0 Å². The van der Waals surface area contributed by atoms with Crippen molar-refractivity contribution in [3.63, 3.8) is 0 Å². The maximum Gasteiger partial charge on any atom is 0.263 e. The number of aryl methyl sites for hydroxylation is 1. The number of carbonyl (C=O) groups is 3. The van der Waals surface area contributed by atoms with Crippen LogP contribution >= 0.6 is 11.6 Å². The highest BCUT2D eigenvalue weighted by molar-refractivity contribution is 6.32. The highest BCUT2D eigenvalue weighted by Gasteiger charge is 2.55. The fraction of sp³-hybridized carbons (Fsp3) is 0.250. The van der Waals surface area contributed by atoms with Crippen molar-refractivity contribution in [2.45, 2.75) is 25.4 Å². The number of halogens is 2. The summed E-state index contributed by atoms with van der Waals surface area (Å²) in [5.41, 5.74) is 1.79. The third-order valence-corrected chi connectivity index (χ3v) is 5.29. The Kier molecular flexibility index (Phi) is 5.21. The molecule has 2 aliphatic rings. The normalized spacial score (nSPS) is 20.1. The van der Waals surface area contributed by atoms with Crippen molar-refractivity contribution in [1.29, 1.82) is 0 Å². The van der Waals surface area contributed by atoms with E-state index in [4.69, 9.17) is 11.6 Å². The predicted molar refractivity (Wildman–Crippen MR) is 107 cm³/mol. The second-order valence-corrected chi connectivity index (χ2v) is 7.27. The maximum absolute atomic E-state index is 13.4. The molecule has 3 amide bonds. The van der Waals surface area contributed by atoms with Gasteiger partial charge in [-0.2, -0.15) is 5.11 Å². The molecule has 4 rings (SSSR count). The van der Waals surface area contributed by atoms with Gasteiger partial charge in [0.15, 0.2) is 12.1 Å². The van der Waals surface area contributed by atoms with E-state index in [1.165, 1.54) is 17.1 Å². The molecule has 0 bridgehead atoms. The summed E-state index contributed by atoms with van der Waals surface area (Å²) >= 11 is 5.78. The van der Waals surface area contributed by atoms with Gasteiger partial charge in [0, 0.05) is 5.69 Å². The van der Waals surface area contributed by atoms with Gasteiger partial charge in [0.1, 0.15) is 12.4 Å². The average Bonchev–Trinajstić information content (AvgIpc) is 3.24. The number of imide groups is 1. The molecule has 0 radical (unpaired) electrons. The number of hydrogen-bond donors (Lipinski definition) is 1. The van der Waals surface area contributed by atoms with Gasteiger partial charge in [-0.05, 0) is 36.2 Å². The van der Waals surface area contributed by atoms with Crippen molar-refractivity contribution < 1.29 is 18.8 Å². The van der Waals surface area contributed by atoms with Crippen molar-refractivity contribution in [2.75, 3.05) is 16.8 Å². The third-order valence-electron chi connectivity index (χ3n) is 5.00. The molecular formula is C20H17ClFN5O3. The number of fused-ring (bicyclic) bond motifs is 1. The largest absolute Gasteiger partial charge is 0.324 e. The molecule has 8 nitrogen and oxygen atoms in total. The first kappa shape index (κ1) is 20.0. The van der Waals surface area contributed by atoms with Crippen LogP contribution in [-0.2, 0) is 20.8 Å². The minimum atomic E-state index is -1.06. The lowest BCUT2D eigenvalue weighted by Crippen LogP contribution is -2.43. The number of para-hydroxylation sites is 1. The molecule has 0 saturated carbocycles. The lowest BCUT2D eigenvalue weighted by molar-refractivity contribution is -0.123. The lowest BCUT2D eigenvalue weighted by atomic mass is 10.1. The summed E-state index contributed by atoms with van der Waals surface area (Å²) in [7, 11) is 0. The molecule has 2 aromatic rings. The third kappa shape index (κ3) is 3.41. The van der Waals surface area contributed by atoms with E-state index < -0.39 is 29.7 Å². The van der Waals surface area contributed by atoms with Crippen LogP contribution in [0.5, 0.6) is 0 Å². The van der Waals surface area contributed by atoms with Crippen LogP contribution < -0.4 is 10.2 Å². The lowest BCUT2D eigenvalue weighted by Gasteiger charge is -2.20. The van der Waals surface area contributed by atoms with E-state index in [0.717, 1.165) is 23.0 Å². The Balaban J connectivity index is 1.50. The first-order valence-electron chi connectivity index (χ1n) is 9.28. The molecule has 0 aliphatic carbocycles. The number of rotatable bonds is 5. The Morgan fingerprint density at radius 1 is 1.20 bits per heavy atom. The molecule has 2 aromatic carbocycles. The smallest absolute Gasteiger partial charge is 0.263 e. The number of carbonyl (C=O) groups excluding carboxylic acids is 3. The second-order valence-electron chi connectivity index (χ2n) is 6.86. The zero-order chi connectivity index (χ0) is 21.4. The number of benzene rings is 2. The van der Waals surface area contributed by atoms with Gasteiger partial charge in [-0.3, -0.25) is 19.4 Å². The highest BCUT2D eigenvalue weighted by Crippen LogP contribution is 2.33. The predicted octanol–water partition coefficient (Wildman–Crippen LogP) is 2.97. The molecule has 1 saturated heterocycles. The number of nitrogens with zero attached hydrogens (tertiary/aromatic N) is 4. The van der Waals surface area contributed by atoms with Crippen LogP contribution in [0.3, 0.4) is 0 Å². The molecule has 1 N–H and O–H groups in total. The Labute approximate surface area is 176 Å². The molecule has 154 valence electrons. The zero-order valence-electron chi connectivity index (χ0n) is 15.9. The fourth-order valence-electron chi connectivity index (χ4n) is 3.52. The summed E-state index contributed by atoms with van der Waals surface area (Å²) in [5, 5.41) is 11.5. The molecule has 1 fully saturated rings. The first-order valence-corrected chi connectivity index (χ1v) is 9.66. The van der Waals surface area contributed by atoms with Crippen LogP contribution in [-0.4, -0.2) is 41.4 Å². The number of nitrogens with one attached hydrogen (secondary N) is 1. The van der Waals surface area contributed by atoms with E-state index in [2.05, 4.69) is 15.7 Å². The SMILES string of the molecule is CCc1ccccc1NC(=O)CN1N=NC2C(=O)N(c3ccc(F)c(Cl)c3)C(=O)C21. The molecule has 2 unspecified atom stereocenters. The van der Waals surface area contributed by atoms with E-state index in [1.54, 1.807) is 6.07 Å². The Hall–Kier alpha value is -3.33. The summed E-state index contributed by atoms with van der Waals surface area (Å²) in [4.78, 5) is 39.0. The molecule has 0 aromatic heterocycles. The summed E-state index contributed by atoms with van der Waals surface area (Å²) in [6.07, 6.45) is 0.743. The maximum atomic E-state index is 13.4. The van der Waals surface area contributed by atoms with Crippen molar-refractivity contribution >= 4 is 40.7 Å². The fourth-order valence-corrected chi connectivity index (χ4v) is 3.69. The van der Waals surface area contributed by atoms with Gasteiger partial charge >= 0.3 is 0 Å². The molecule has 0 spiro atoms.